The fraction of sp³-hybridized carbons (Fsp3) is 0.381. The Morgan fingerprint density at radius 1 is 1.21 bits per heavy atom. The number of carbonyl (C=O) groups is 2. The third-order valence-electron chi connectivity index (χ3n) is 4.59. The number of likely N-dealkylation sites (tertiary alicyclic amines) is 1. The van der Waals surface area contributed by atoms with E-state index < -0.39 is 6.04 Å². The van der Waals surface area contributed by atoms with E-state index in [2.05, 4.69) is 20.5 Å². The summed E-state index contributed by atoms with van der Waals surface area (Å²) in [4.78, 5) is 31.2. The first-order valence-corrected chi connectivity index (χ1v) is 10.5. The summed E-state index contributed by atoms with van der Waals surface area (Å²) in [5.74, 6) is -0.586. The molecule has 1 aliphatic rings. The Morgan fingerprint density at radius 2 is 1.96 bits per heavy atom. The standard InChI is InChI=1S/C21H26N4O2S/c1-16(22-19(26)11-10-17-8-4-2-5-9-17)20(27)24-21-23-18(15-28-21)14-25-12-6-3-7-13-25/h2,4-5,8-11,15-16H,3,6-7,12-14H2,1H3,(H,22,26)(H,23,24,27)/b11-10+. The van der Waals surface area contributed by atoms with Crippen LogP contribution in [0, 0.1) is 0 Å². The molecule has 0 bridgehead atoms. The Morgan fingerprint density at radius 3 is 2.71 bits per heavy atom. The van der Waals surface area contributed by atoms with Crippen LogP contribution in [0.25, 0.3) is 6.08 Å². The average molecular weight is 399 g/mol. The number of benzene rings is 1. The Balaban J connectivity index is 1.46. The molecule has 1 aliphatic heterocycles. The van der Waals surface area contributed by atoms with E-state index in [1.165, 1.54) is 36.7 Å². The van der Waals surface area contributed by atoms with Gasteiger partial charge in [-0.2, -0.15) is 0 Å². The van der Waals surface area contributed by atoms with Gasteiger partial charge in [-0.05, 0) is 44.5 Å². The molecule has 1 unspecified atom stereocenters. The van der Waals surface area contributed by atoms with E-state index in [1.54, 1.807) is 13.0 Å². The topological polar surface area (TPSA) is 74.3 Å². The van der Waals surface area contributed by atoms with Gasteiger partial charge in [0.1, 0.15) is 6.04 Å². The van der Waals surface area contributed by atoms with Gasteiger partial charge in [0.2, 0.25) is 11.8 Å². The number of anilines is 1. The van der Waals surface area contributed by atoms with Gasteiger partial charge in [-0.3, -0.25) is 14.5 Å². The largest absolute Gasteiger partial charge is 0.341 e. The van der Waals surface area contributed by atoms with Crippen LogP contribution in [0.5, 0.6) is 0 Å². The number of nitrogens with one attached hydrogen (secondary N) is 2. The number of aromatic nitrogens is 1. The molecule has 28 heavy (non-hydrogen) atoms. The molecular weight excluding hydrogens is 372 g/mol. The maximum atomic E-state index is 12.3. The minimum atomic E-state index is -0.651. The summed E-state index contributed by atoms with van der Waals surface area (Å²) in [6.45, 7) is 4.70. The predicted molar refractivity (Wildman–Crippen MR) is 113 cm³/mol. The summed E-state index contributed by atoms with van der Waals surface area (Å²) in [7, 11) is 0. The SMILES string of the molecule is CC(NC(=O)/C=C/c1ccccc1)C(=O)Nc1nc(CN2CCCCC2)cs1. The van der Waals surface area contributed by atoms with Gasteiger partial charge in [0.15, 0.2) is 5.13 Å². The second kappa shape index (κ2) is 10.1. The molecule has 0 saturated carbocycles. The van der Waals surface area contributed by atoms with Crippen molar-refractivity contribution in [2.75, 3.05) is 18.4 Å². The predicted octanol–water partition coefficient (Wildman–Crippen LogP) is 3.29. The Labute approximate surface area is 169 Å². The van der Waals surface area contributed by atoms with Gasteiger partial charge in [0.05, 0.1) is 5.69 Å². The number of nitrogens with zero attached hydrogens (tertiary/aromatic N) is 2. The summed E-state index contributed by atoms with van der Waals surface area (Å²) in [6.07, 6.45) is 6.93. The van der Waals surface area contributed by atoms with Crippen LogP contribution < -0.4 is 10.6 Å². The van der Waals surface area contributed by atoms with Crippen molar-refractivity contribution in [1.29, 1.82) is 0 Å². The molecule has 1 aromatic carbocycles. The molecule has 2 N–H and O–H groups in total. The molecule has 6 nitrogen and oxygen atoms in total. The van der Waals surface area contributed by atoms with Gasteiger partial charge in [-0.1, -0.05) is 36.8 Å². The van der Waals surface area contributed by atoms with E-state index in [9.17, 15) is 9.59 Å². The molecular formula is C21H26N4O2S. The van der Waals surface area contributed by atoms with Crippen LogP contribution in [0.15, 0.2) is 41.8 Å². The molecule has 148 valence electrons. The number of hydrogen-bond acceptors (Lipinski definition) is 5. The second-order valence-corrected chi connectivity index (χ2v) is 7.80. The summed E-state index contributed by atoms with van der Waals surface area (Å²) in [6, 6.07) is 8.89. The lowest BCUT2D eigenvalue weighted by molar-refractivity contribution is -0.123. The molecule has 7 heteroatoms. The van der Waals surface area contributed by atoms with Crippen molar-refractivity contribution >= 4 is 34.4 Å². The van der Waals surface area contributed by atoms with E-state index in [0.29, 0.717) is 5.13 Å². The lowest BCUT2D eigenvalue weighted by Crippen LogP contribution is -2.40. The zero-order chi connectivity index (χ0) is 19.8. The van der Waals surface area contributed by atoms with Crippen molar-refractivity contribution in [3.05, 3.63) is 53.0 Å². The van der Waals surface area contributed by atoms with Crippen molar-refractivity contribution in [3.8, 4) is 0 Å². The van der Waals surface area contributed by atoms with Crippen LogP contribution in [-0.2, 0) is 16.1 Å². The summed E-state index contributed by atoms with van der Waals surface area (Å²) >= 11 is 1.41. The summed E-state index contributed by atoms with van der Waals surface area (Å²) in [5, 5.41) is 8.01. The highest BCUT2D eigenvalue weighted by Gasteiger charge is 2.17. The van der Waals surface area contributed by atoms with Gasteiger partial charge in [0.25, 0.3) is 0 Å². The Kier molecular flexibility index (Phi) is 7.33. The van der Waals surface area contributed by atoms with Gasteiger partial charge < -0.3 is 10.6 Å². The first-order chi connectivity index (χ1) is 13.6. The molecule has 1 saturated heterocycles. The molecule has 2 aromatic rings. The second-order valence-electron chi connectivity index (χ2n) is 6.94. The molecule has 2 heterocycles. The monoisotopic (exact) mass is 398 g/mol. The number of piperidine rings is 1. The first-order valence-electron chi connectivity index (χ1n) is 9.61. The summed E-state index contributed by atoms with van der Waals surface area (Å²) in [5.41, 5.74) is 1.91. The van der Waals surface area contributed by atoms with Crippen LogP contribution in [0.1, 0.15) is 37.4 Å². The van der Waals surface area contributed by atoms with E-state index in [0.717, 1.165) is 30.9 Å². The zero-order valence-corrected chi connectivity index (χ0v) is 16.9. The van der Waals surface area contributed by atoms with Gasteiger partial charge in [-0.15, -0.1) is 11.3 Å². The third-order valence-corrected chi connectivity index (χ3v) is 5.40. The van der Waals surface area contributed by atoms with Crippen molar-refractivity contribution in [2.45, 2.75) is 38.8 Å². The number of amides is 2. The van der Waals surface area contributed by atoms with Crippen molar-refractivity contribution in [3.63, 3.8) is 0 Å². The van der Waals surface area contributed by atoms with Crippen molar-refractivity contribution < 1.29 is 9.59 Å². The van der Waals surface area contributed by atoms with E-state index in [1.807, 2.05) is 35.7 Å². The molecule has 1 fully saturated rings. The molecule has 3 rings (SSSR count). The highest BCUT2D eigenvalue weighted by Crippen LogP contribution is 2.19. The Hall–Kier alpha value is -2.51. The fourth-order valence-corrected chi connectivity index (χ4v) is 3.76. The average Bonchev–Trinajstić information content (AvgIpc) is 3.14. The van der Waals surface area contributed by atoms with Crippen molar-refractivity contribution in [2.24, 2.45) is 0 Å². The van der Waals surface area contributed by atoms with Gasteiger partial charge >= 0.3 is 0 Å². The number of hydrogen-bond donors (Lipinski definition) is 2. The van der Waals surface area contributed by atoms with Crippen molar-refractivity contribution in [1.82, 2.24) is 15.2 Å². The van der Waals surface area contributed by atoms with E-state index in [-0.39, 0.29) is 11.8 Å². The van der Waals surface area contributed by atoms with Crippen LogP contribution in [0.3, 0.4) is 0 Å². The lowest BCUT2D eigenvalue weighted by Gasteiger charge is -2.25. The van der Waals surface area contributed by atoms with Gasteiger partial charge in [0, 0.05) is 18.0 Å². The van der Waals surface area contributed by atoms with Crippen LogP contribution >= 0.6 is 11.3 Å². The zero-order valence-electron chi connectivity index (χ0n) is 16.1. The van der Waals surface area contributed by atoms with Gasteiger partial charge in [-0.25, -0.2) is 4.98 Å². The van der Waals surface area contributed by atoms with Crippen LogP contribution in [0.4, 0.5) is 5.13 Å². The molecule has 0 radical (unpaired) electrons. The molecule has 0 spiro atoms. The first kappa shape index (κ1) is 20.2. The van der Waals surface area contributed by atoms with Crippen LogP contribution in [-0.4, -0.2) is 40.8 Å². The van der Waals surface area contributed by atoms with E-state index in [4.69, 9.17) is 0 Å². The van der Waals surface area contributed by atoms with E-state index >= 15 is 0 Å². The normalized spacial score (nSPS) is 16.0. The maximum absolute atomic E-state index is 12.3. The quantitative estimate of drug-likeness (QED) is 0.702. The third kappa shape index (κ3) is 6.28. The molecule has 1 atom stereocenters. The summed E-state index contributed by atoms with van der Waals surface area (Å²) < 4.78 is 0. The minimum absolute atomic E-state index is 0.277. The fourth-order valence-electron chi connectivity index (χ4n) is 3.06. The number of carbonyl (C=O) groups excluding carboxylic acids is 2. The lowest BCUT2D eigenvalue weighted by atomic mass is 10.1. The molecule has 1 aromatic heterocycles. The maximum Gasteiger partial charge on any atom is 0.248 e. The number of rotatable bonds is 7. The smallest absolute Gasteiger partial charge is 0.248 e. The highest BCUT2D eigenvalue weighted by molar-refractivity contribution is 7.13. The Bertz CT molecular complexity index is 813. The number of thiazole rings is 1. The molecule has 2 amide bonds. The van der Waals surface area contributed by atoms with Crippen LogP contribution in [0.2, 0.25) is 0 Å². The molecule has 0 aliphatic carbocycles. The minimum Gasteiger partial charge on any atom is -0.341 e. The highest BCUT2D eigenvalue weighted by atomic mass is 32.1.